The van der Waals surface area contributed by atoms with Crippen molar-refractivity contribution in [1.29, 1.82) is 0 Å². The molecule has 1 unspecified atom stereocenters. The Morgan fingerprint density at radius 1 is 1.21 bits per heavy atom. The number of pyridine rings is 1. The molecule has 0 radical (unpaired) electrons. The van der Waals surface area contributed by atoms with Crippen LogP contribution >= 0.6 is 15.9 Å². The third-order valence-electron chi connectivity index (χ3n) is 3.20. The number of hydrogen-bond donors (Lipinski definition) is 1. The van der Waals surface area contributed by atoms with Crippen LogP contribution in [0.4, 0.5) is 0 Å². The van der Waals surface area contributed by atoms with Crippen LogP contribution in [0.5, 0.6) is 0 Å². The number of rotatable bonds is 3. The van der Waals surface area contributed by atoms with Crippen molar-refractivity contribution in [3.63, 3.8) is 0 Å². The lowest BCUT2D eigenvalue weighted by Crippen LogP contribution is -2.17. The van der Waals surface area contributed by atoms with Crippen molar-refractivity contribution in [2.75, 3.05) is 7.05 Å². The summed E-state index contributed by atoms with van der Waals surface area (Å²) < 4.78 is 6.41. The average molecular weight is 317 g/mol. The van der Waals surface area contributed by atoms with E-state index in [1.54, 1.807) is 0 Å². The fourth-order valence-electron chi connectivity index (χ4n) is 2.32. The standard InChI is InChI=1S/C15H13BrN2O/c1-17-15(13-5-6-14(16)19-13)11-4-2-3-10-7-8-18-9-12(10)11/h2-9,15,17H,1H3. The molecule has 0 saturated heterocycles. The minimum Gasteiger partial charge on any atom is -0.452 e. The summed E-state index contributed by atoms with van der Waals surface area (Å²) in [4.78, 5) is 4.22. The highest BCUT2D eigenvalue weighted by atomic mass is 79.9. The summed E-state index contributed by atoms with van der Waals surface area (Å²) in [5.74, 6) is 0.880. The molecule has 0 bridgehead atoms. The van der Waals surface area contributed by atoms with Crippen LogP contribution in [0.2, 0.25) is 0 Å². The summed E-state index contributed by atoms with van der Waals surface area (Å²) in [5.41, 5.74) is 1.16. The van der Waals surface area contributed by atoms with Crippen molar-refractivity contribution >= 4 is 26.7 Å². The van der Waals surface area contributed by atoms with Crippen LogP contribution in [0.25, 0.3) is 10.8 Å². The molecule has 3 nitrogen and oxygen atoms in total. The van der Waals surface area contributed by atoms with Crippen LogP contribution in [-0.4, -0.2) is 12.0 Å². The number of halogens is 1. The number of aromatic nitrogens is 1. The highest BCUT2D eigenvalue weighted by Crippen LogP contribution is 2.30. The number of nitrogens with one attached hydrogen (secondary N) is 1. The molecule has 0 fully saturated rings. The predicted octanol–water partition coefficient (Wildman–Crippen LogP) is 3.90. The van der Waals surface area contributed by atoms with Gasteiger partial charge in [0.05, 0.1) is 6.04 Å². The summed E-state index contributed by atoms with van der Waals surface area (Å²) in [7, 11) is 1.93. The number of furan rings is 1. The number of nitrogens with zero attached hydrogens (tertiary/aromatic N) is 1. The third kappa shape index (κ3) is 2.29. The van der Waals surface area contributed by atoms with E-state index in [-0.39, 0.29) is 6.04 Å². The molecule has 19 heavy (non-hydrogen) atoms. The van der Waals surface area contributed by atoms with Gasteiger partial charge in [-0.05, 0) is 52.1 Å². The zero-order chi connectivity index (χ0) is 13.2. The molecule has 1 aromatic carbocycles. The highest BCUT2D eigenvalue weighted by molar-refractivity contribution is 9.10. The van der Waals surface area contributed by atoms with Gasteiger partial charge in [-0.1, -0.05) is 18.2 Å². The van der Waals surface area contributed by atoms with Gasteiger partial charge in [-0.3, -0.25) is 4.98 Å². The summed E-state index contributed by atoms with van der Waals surface area (Å²) in [6, 6.07) is 12.2. The van der Waals surface area contributed by atoms with Crippen molar-refractivity contribution in [3.8, 4) is 0 Å². The summed E-state index contributed by atoms with van der Waals surface area (Å²) in [6.07, 6.45) is 3.71. The van der Waals surface area contributed by atoms with Gasteiger partial charge in [0.2, 0.25) is 0 Å². The van der Waals surface area contributed by atoms with Crippen LogP contribution in [0, 0.1) is 0 Å². The normalized spacial score (nSPS) is 12.7. The quantitative estimate of drug-likeness (QED) is 0.796. The van der Waals surface area contributed by atoms with Gasteiger partial charge in [-0.25, -0.2) is 0 Å². The first-order valence-electron chi connectivity index (χ1n) is 6.05. The zero-order valence-corrected chi connectivity index (χ0v) is 12.0. The van der Waals surface area contributed by atoms with Crippen molar-refractivity contribution in [3.05, 3.63) is 64.8 Å². The summed E-state index contributed by atoms with van der Waals surface area (Å²) in [5, 5.41) is 5.61. The first-order valence-corrected chi connectivity index (χ1v) is 6.84. The number of benzene rings is 1. The first kappa shape index (κ1) is 12.4. The smallest absolute Gasteiger partial charge is 0.169 e. The molecule has 1 atom stereocenters. The van der Waals surface area contributed by atoms with Gasteiger partial charge in [0.15, 0.2) is 4.67 Å². The molecule has 0 aliphatic rings. The molecule has 96 valence electrons. The van der Waals surface area contributed by atoms with E-state index in [4.69, 9.17) is 4.42 Å². The van der Waals surface area contributed by atoms with Crippen molar-refractivity contribution in [2.24, 2.45) is 0 Å². The van der Waals surface area contributed by atoms with Crippen LogP contribution < -0.4 is 5.32 Å². The second-order valence-electron chi connectivity index (χ2n) is 4.31. The maximum Gasteiger partial charge on any atom is 0.169 e. The monoisotopic (exact) mass is 316 g/mol. The Balaban J connectivity index is 2.16. The lowest BCUT2D eigenvalue weighted by molar-refractivity contribution is 0.448. The molecule has 0 saturated carbocycles. The molecule has 3 rings (SSSR count). The number of hydrogen-bond acceptors (Lipinski definition) is 3. The van der Waals surface area contributed by atoms with E-state index in [0.717, 1.165) is 21.4 Å². The molecule has 4 heteroatoms. The molecule has 0 aliphatic heterocycles. The second kappa shape index (κ2) is 5.15. The van der Waals surface area contributed by atoms with E-state index in [9.17, 15) is 0 Å². The van der Waals surface area contributed by atoms with Crippen LogP contribution in [0.1, 0.15) is 17.4 Å². The van der Waals surface area contributed by atoms with E-state index in [1.807, 2.05) is 37.6 Å². The Kier molecular flexibility index (Phi) is 3.36. The van der Waals surface area contributed by atoms with Crippen molar-refractivity contribution in [2.45, 2.75) is 6.04 Å². The highest BCUT2D eigenvalue weighted by Gasteiger charge is 2.18. The van der Waals surface area contributed by atoms with Gasteiger partial charge in [0.25, 0.3) is 0 Å². The second-order valence-corrected chi connectivity index (χ2v) is 5.09. The molecular formula is C15H13BrN2O. The van der Waals surface area contributed by atoms with Crippen LogP contribution in [-0.2, 0) is 0 Å². The van der Waals surface area contributed by atoms with E-state index in [0.29, 0.717) is 0 Å². The Hall–Kier alpha value is -1.65. The molecular weight excluding hydrogens is 304 g/mol. The van der Waals surface area contributed by atoms with Gasteiger partial charge in [0.1, 0.15) is 5.76 Å². The van der Waals surface area contributed by atoms with Gasteiger partial charge in [0, 0.05) is 17.8 Å². The SMILES string of the molecule is CNC(c1ccc(Br)o1)c1cccc2ccncc12. The van der Waals surface area contributed by atoms with Gasteiger partial charge >= 0.3 is 0 Å². The predicted molar refractivity (Wildman–Crippen MR) is 79.1 cm³/mol. The van der Waals surface area contributed by atoms with Crippen molar-refractivity contribution in [1.82, 2.24) is 10.3 Å². The topological polar surface area (TPSA) is 38.1 Å². The third-order valence-corrected chi connectivity index (χ3v) is 3.62. The van der Waals surface area contributed by atoms with Gasteiger partial charge < -0.3 is 9.73 Å². The Labute approximate surface area is 119 Å². The lowest BCUT2D eigenvalue weighted by atomic mass is 9.99. The molecule has 0 amide bonds. The molecule has 3 aromatic rings. The largest absolute Gasteiger partial charge is 0.452 e. The number of fused-ring (bicyclic) bond motifs is 1. The van der Waals surface area contributed by atoms with E-state index in [2.05, 4.69) is 44.4 Å². The average Bonchev–Trinajstić information content (AvgIpc) is 2.86. The first-order chi connectivity index (χ1) is 9.29. The van der Waals surface area contributed by atoms with E-state index >= 15 is 0 Å². The molecule has 1 N–H and O–H groups in total. The Morgan fingerprint density at radius 2 is 2.11 bits per heavy atom. The summed E-state index contributed by atoms with van der Waals surface area (Å²) in [6.45, 7) is 0. The molecule has 0 aliphatic carbocycles. The molecule has 2 aromatic heterocycles. The zero-order valence-electron chi connectivity index (χ0n) is 10.4. The fourth-order valence-corrected chi connectivity index (χ4v) is 2.64. The van der Waals surface area contributed by atoms with E-state index < -0.39 is 0 Å². The fraction of sp³-hybridized carbons (Fsp3) is 0.133. The van der Waals surface area contributed by atoms with Crippen LogP contribution in [0.3, 0.4) is 0 Å². The van der Waals surface area contributed by atoms with Gasteiger partial charge in [-0.15, -0.1) is 0 Å². The lowest BCUT2D eigenvalue weighted by Gasteiger charge is -2.16. The van der Waals surface area contributed by atoms with Crippen LogP contribution in [0.15, 0.2) is 57.9 Å². The minimum absolute atomic E-state index is 0.0131. The maximum atomic E-state index is 5.67. The molecule has 0 spiro atoms. The Morgan fingerprint density at radius 3 is 2.84 bits per heavy atom. The molecule has 2 heterocycles. The Bertz CT molecular complexity index is 703. The minimum atomic E-state index is 0.0131. The van der Waals surface area contributed by atoms with Crippen molar-refractivity contribution < 1.29 is 4.42 Å². The van der Waals surface area contributed by atoms with Gasteiger partial charge in [-0.2, -0.15) is 0 Å². The summed E-state index contributed by atoms with van der Waals surface area (Å²) >= 11 is 3.35. The maximum absolute atomic E-state index is 5.67. The van der Waals surface area contributed by atoms with E-state index in [1.165, 1.54) is 5.39 Å².